The fraction of sp³-hybridized carbons (Fsp3) is 0.562. The van der Waals surface area contributed by atoms with Crippen LogP contribution in [0.1, 0.15) is 35.6 Å². The maximum Gasteiger partial charge on any atom is 0.237 e. The summed E-state index contributed by atoms with van der Waals surface area (Å²) in [5.41, 5.74) is 8.32. The Morgan fingerprint density at radius 1 is 1.33 bits per heavy atom. The summed E-state index contributed by atoms with van der Waals surface area (Å²) in [6, 6.07) is 8.62. The molecule has 3 unspecified atom stereocenters. The van der Waals surface area contributed by atoms with E-state index in [1.165, 1.54) is 17.5 Å². The molecule has 3 nitrogen and oxygen atoms in total. The number of nitrogens with one attached hydrogen (secondary N) is 1. The lowest BCUT2D eigenvalue weighted by Gasteiger charge is -2.27. The smallest absolute Gasteiger partial charge is 0.237 e. The van der Waals surface area contributed by atoms with Crippen LogP contribution < -0.4 is 11.1 Å². The second kappa shape index (κ2) is 7.52. The molecule has 2 aliphatic rings. The van der Waals surface area contributed by atoms with Crippen LogP contribution in [0.5, 0.6) is 0 Å². The Morgan fingerprint density at radius 2 is 2.14 bits per heavy atom. The first kappa shape index (κ1) is 16.7. The number of hydrogen-bond donors (Lipinski definition) is 2. The average Bonchev–Trinajstić information content (AvgIpc) is 2.93. The summed E-state index contributed by atoms with van der Waals surface area (Å²) < 4.78 is 0. The molecule has 5 heteroatoms. The van der Waals surface area contributed by atoms with E-state index < -0.39 is 0 Å². The van der Waals surface area contributed by atoms with Gasteiger partial charge in [0.1, 0.15) is 5.25 Å². The van der Waals surface area contributed by atoms with E-state index in [9.17, 15) is 4.79 Å². The van der Waals surface area contributed by atoms with Crippen molar-refractivity contribution in [2.75, 3.05) is 12.3 Å². The minimum Gasteiger partial charge on any atom is -0.352 e. The highest BCUT2D eigenvalue weighted by molar-refractivity contribution is 8.00. The van der Waals surface area contributed by atoms with Crippen LogP contribution in [-0.2, 0) is 11.2 Å². The van der Waals surface area contributed by atoms with Crippen LogP contribution in [0.4, 0.5) is 0 Å². The minimum absolute atomic E-state index is 0. The number of rotatable bonds is 3. The van der Waals surface area contributed by atoms with E-state index in [4.69, 9.17) is 5.73 Å². The molecule has 1 amide bonds. The first-order valence-corrected chi connectivity index (χ1v) is 8.54. The molecular weight excluding hydrogens is 304 g/mol. The van der Waals surface area contributed by atoms with Crippen molar-refractivity contribution in [3.8, 4) is 0 Å². The molecule has 3 N–H and O–H groups in total. The number of benzene rings is 1. The predicted octanol–water partition coefficient (Wildman–Crippen LogP) is 2.68. The lowest BCUT2D eigenvalue weighted by Crippen LogP contribution is -2.42. The van der Waals surface area contributed by atoms with Gasteiger partial charge in [-0.2, -0.15) is 0 Å². The molecule has 3 rings (SSSR count). The van der Waals surface area contributed by atoms with Crippen molar-refractivity contribution in [1.29, 1.82) is 0 Å². The fourth-order valence-electron chi connectivity index (χ4n) is 3.38. The summed E-state index contributed by atoms with van der Waals surface area (Å²) in [6.45, 7) is 0.680. The lowest BCUT2D eigenvalue weighted by molar-refractivity contribution is -0.121. The average molecular weight is 327 g/mol. The van der Waals surface area contributed by atoms with Gasteiger partial charge in [0.25, 0.3) is 0 Å². The van der Waals surface area contributed by atoms with Crippen LogP contribution in [0.15, 0.2) is 24.3 Å². The van der Waals surface area contributed by atoms with Crippen LogP contribution in [-0.4, -0.2) is 24.2 Å². The molecule has 1 aromatic carbocycles. The van der Waals surface area contributed by atoms with Gasteiger partial charge in [-0.15, -0.1) is 24.2 Å². The first-order valence-electron chi connectivity index (χ1n) is 7.49. The van der Waals surface area contributed by atoms with Gasteiger partial charge in [-0.1, -0.05) is 30.7 Å². The fourth-order valence-corrected chi connectivity index (χ4v) is 4.58. The topological polar surface area (TPSA) is 55.1 Å². The monoisotopic (exact) mass is 326 g/mol. The Balaban J connectivity index is 0.00000161. The zero-order valence-corrected chi connectivity index (χ0v) is 13.7. The molecular formula is C16H23ClN2OS. The van der Waals surface area contributed by atoms with Crippen LogP contribution in [0.25, 0.3) is 0 Å². The van der Waals surface area contributed by atoms with Crippen LogP contribution in [0.3, 0.4) is 0 Å². The number of aryl methyl sites for hydroxylation is 1. The highest BCUT2D eigenvalue weighted by Gasteiger charge is 2.32. The van der Waals surface area contributed by atoms with Gasteiger partial charge in [0.2, 0.25) is 5.91 Å². The van der Waals surface area contributed by atoms with Crippen molar-refractivity contribution in [1.82, 2.24) is 5.32 Å². The number of amides is 1. The maximum absolute atomic E-state index is 12.6. The third-order valence-corrected chi connectivity index (χ3v) is 5.76. The Hall–Kier alpha value is -0.710. The zero-order valence-electron chi connectivity index (χ0n) is 12.1. The van der Waals surface area contributed by atoms with Crippen molar-refractivity contribution in [2.45, 2.75) is 37.0 Å². The van der Waals surface area contributed by atoms with Crippen molar-refractivity contribution in [2.24, 2.45) is 11.7 Å². The van der Waals surface area contributed by atoms with E-state index in [0.29, 0.717) is 12.5 Å². The van der Waals surface area contributed by atoms with Gasteiger partial charge in [-0.25, -0.2) is 0 Å². The van der Waals surface area contributed by atoms with Gasteiger partial charge in [0.15, 0.2) is 0 Å². The first-order chi connectivity index (χ1) is 9.79. The van der Waals surface area contributed by atoms with E-state index in [2.05, 4.69) is 23.5 Å². The van der Waals surface area contributed by atoms with E-state index in [-0.39, 0.29) is 29.6 Å². The van der Waals surface area contributed by atoms with Gasteiger partial charge in [0, 0.05) is 6.04 Å². The molecule has 0 spiro atoms. The summed E-state index contributed by atoms with van der Waals surface area (Å²) in [4.78, 5) is 12.6. The van der Waals surface area contributed by atoms with Crippen molar-refractivity contribution >= 4 is 30.1 Å². The molecule has 1 aliphatic carbocycles. The Bertz CT molecular complexity index is 497. The predicted molar refractivity (Wildman–Crippen MR) is 90.9 cm³/mol. The molecule has 116 valence electrons. The van der Waals surface area contributed by atoms with Gasteiger partial charge < -0.3 is 11.1 Å². The van der Waals surface area contributed by atoms with Gasteiger partial charge in [-0.3, -0.25) is 4.79 Å². The highest BCUT2D eigenvalue weighted by atomic mass is 35.5. The summed E-state index contributed by atoms with van der Waals surface area (Å²) >= 11 is 1.76. The third-order valence-electron chi connectivity index (χ3n) is 4.52. The molecule has 1 saturated carbocycles. The van der Waals surface area contributed by atoms with Crippen molar-refractivity contribution in [3.63, 3.8) is 0 Å². The largest absolute Gasteiger partial charge is 0.352 e. The van der Waals surface area contributed by atoms with Crippen LogP contribution in [0, 0.1) is 5.92 Å². The molecule has 0 bridgehead atoms. The number of hydrogen-bond acceptors (Lipinski definition) is 3. The van der Waals surface area contributed by atoms with Crippen LogP contribution >= 0.6 is 24.2 Å². The number of carbonyl (C=O) groups excluding carboxylic acids is 1. The molecule has 1 aromatic rings. The molecule has 1 heterocycles. The van der Waals surface area contributed by atoms with E-state index in [0.717, 1.165) is 25.0 Å². The summed E-state index contributed by atoms with van der Waals surface area (Å²) in [7, 11) is 0. The SMILES string of the molecule is Cl.NCC1CCCC1NC(=O)C1SCCc2ccccc21. The summed E-state index contributed by atoms with van der Waals surface area (Å²) in [5, 5.41) is 3.21. The number of nitrogens with two attached hydrogens (primary N) is 1. The highest BCUT2D eigenvalue weighted by Crippen LogP contribution is 2.37. The van der Waals surface area contributed by atoms with E-state index in [1.54, 1.807) is 11.8 Å². The number of carbonyl (C=O) groups is 1. The quantitative estimate of drug-likeness (QED) is 0.898. The second-order valence-corrected chi connectivity index (χ2v) is 6.95. The summed E-state index contributed by atoms with van der Waals surface area (Å²) in [5.74, 6) is 1.66. The molecule has 0 aromatic heterocycles. The molecule has 1 fully saturated rings. The Morgan fingerprint density at radius 3 is 2.95 bits per heavy atom. The van der Waals surface area contributed by atoms with E-state index in [1.807, 2.05) is 6.07 Å². The third kappa shape index (κ3) is 3.55. The van der Waals surface area contributed by atoms with E-state index >= 15 is 0 Å². The van der Waals surface area contributed by atoms with Gasteiger partial charge in [-0.05, 0) is 48.6 Å². The van der Waals surface area contributed by atoms with Gasteiger partial charge in [0.05, 0.1) is 0 Å². The normalized spacial score (nSPS) is 27.6. The lowest BCUT2D eigenvalue weighted by atomic mass is 10.00. The molecule has 21 heavy (non-hydrogen) atoms. The Labute approximate surface area is 136 Å². The van der Waals surface area contributed by atoms with Gasteiger partial charge >= 0.3 is 0 Å². The van der Waals surface area contributed by atoms with Crippen molar-refractivity contribution < 1.29 is 4.79 Å². The molecule has 0 radical (unpaired) electrons. The molecule has 1 aliphatic heterocycles. The molecule has 3 atom stereocenters. The number of halogens is 1. The second-order valence-electron chi connectivity index (χ2n) is 5.74. The summed E-state index contributed by atoms with van der Waals surface area (Å²) in [6.07, 6.45) is 4.48. The zero-order chi connectivity index (χ0) is 13.9. The number of thioether (sulfide) groups is 1. The Kier molecular flexibility index (Phi) is 5.97. The van der Waals surface area contributed by atoms with Crippen molar-refractivity contribution in [3.05, 3.63) is 35.4 Å². The maximum atomic E-state index is 12.6. The van der Waals surface area contributed by atoms with Crippen LogP contribution in [0.2, 0.25) is 0 Å². The standard InChI is InChI=1S/C16H22N2OS.ClH/c17-10-12-5-3-7-14(12)18-16(19)15-13-6-2-1-4-11(13)8-9-20-15;/h1-2,4,6,12,14-15H,3,5,7-10,17H2,(H,18,19);1H. The minimum atomic E-state index is -0.0426. The number of fused-ring (bicyclic) bond motifs is 1. The molecule has 0 saturated heterocycles.